The van der Waals surface area contributed by atoms with Crippen molar-refractivity contribution in [1.82, 2.24) is 15.5 Å². The molecule has 1 unspecified atom stereocenters. The lowest BCUT2D eigenvalue weighted by atomic mass is 10.1. The topological polar surface area (TPSA) is 83.0 Å². The molecule has 158 valence electrons. The second-order valence-electron chi connectivity index (χ2n) is 7.15. The van der Waals surface area contributed by atoms with E-state index in [1.165, 1.54) is 5.56 Å². The van der Waals surface area contributed by atoms with Crippen LogP contribution in [0.25, 0.3) is 0 Å². The summed E-state index contributed by atoms with van der Waals surface area (Å²) < 4.78 is 28.7. The van der Waals surface area contributed by atoms with Gasteiger partial charge in [-0.1, -0.05) is 24.3 Å². The summed E-state index contributed by atoms with van der Waals surface area (Å²) in [7, 11) is -2.90. The maximum Gasteiger partial charge on any atom is 0.191 e. The zero-order valence-corrected chi connectivity index (χ0v) is 19.5. The zero-order chi connectivity index (χ0) is 19.1. The Kier molecular flexibility index (Phi) is 9.45. The summed E-state index contributed by atoms with van der Waals surface area (Å²) in [5.74, 6) is 1.12. The van der Waals surface area contributed by atoms with Crippen molar-refractivity contribution in [3.63, 3.8) is 0 Å². The molecule has 1 aromatic rings. The summed E-state index contributed by atoms with van der Waals surface area (Å²) in [6.07, 6.45) is 0.641. The zero-order valence-electron chi connectivity index (χ0n) is 16.4. The van der Waals surface area contributed by atoms with Gasteiger partial charge in [0.05, 0.1) is 31.3 Å². The first kappa shape index (κ1) is 23.4. The number of benzene rings is 1. The minimum atomic E-state index is -2.90. The molecule has 9 heteroatoms. The van der Waals surface area contributed by atoms with Crippen LogP contribution in [0.3, 0.4) is 0 Å². The summed E-state index contributed by atoms with van der Waals surface area (Å²) in [6.45, 7) is 7.79. The van der Waals surface area contributed by atoms with Crippen LogP contribution in [0.2, 0.25) is 0 Å². The number of sulfone groups is 1. The van der Waals surface area contributed by atoms with Gasteiger partial charge in [-0.15, -0.1) is 24.0 Å². The lowest BCUT2D eigenvalue weighted by Gasteiger charge is -2.26. The summed E-state index contributed by atoms with van der Waals surface area (Å²) in [5.41, 5.74) is 2.43. The predicted octanol–water partition coefficient (Wildman–Crippen LogP) is 1.38. The van der Waals surface area contributed by atoms with E-state index in [9.17, 15) is 8.42 Å². The molecule has 0 radical (unpaired) electrons. The van der Waals surface area contributed by atoms with E-state index in [0.717, 1.165) is 45.0 Å². The van der Waals surface area contributed by atoms with E-state index in [-0.39, 0.29) is 41.5 Å². The number of halogens is 1. The quantitative estimate of drug-likeness (QED) is 0.334. The van der Waals surface area contributed by atoms with Crippen molar-refractivity contribution in [3.05, 3.63) is 35.4 Å². The Labute approximate surface area is 185 Å². The Morgan fingerprint density at radius 1 is 1.29 bits per heavy atom. The Morgan fingerprint density at radius 2 is 2.04 bits per heavy atom. The number of guanidine groups is 1. The van der Waals surface area contributed by atoms with Gasteiger partial charge in [-0.3, -0.25) is 4.90 Å². The van der Waals surface area contributed by atoms with Crippen LogP contribution in [0.1, 0.15) is 24.5 Å². The third-order valence-corrected chi connectivity index (χ3v) is 6.61. The molecule has 2 heterocycles. The monoisotopic (exact) mass is 522 g/mol. The fourth-order valence-corrected chi connectivity index (χ4v) is 5.11. The third-order valence-electron chi connectivity index (χ3n) is 4.84. The minimum Gasteiger partial charge on any atom is -0.379 e. The van der Waals surface area contributed by atoms with Crippen LogP contribution in [0.4, 0.5) is 0 Å². The van der Waals surface area contributed by atoms with Crippen LogP contribution in [-0.2, 0) is 27.7 Å². The molecule has 0 bridgehead atoms. The molecule has 2 aliphatic rings. The highest BCUT2D eigenvalue weighted by molar-refractivity contribution is 14.0. The molecule has 0 amide bonds. The normalized spacial score (nSPS) is 22.5. The van der Waals surface area contributed by atoms with E-state index in [4.69, 9.17) is 4.74 Å². The van der Waals surface area contributed by atoms with Gasteiger partial charge in [-0.25, -0.2) is 13.4 Å². The van der Waals surface area contributed by atoms with Gasteiger partial charge >= 0.3 is 0 Å². The molecule has 2 fully saturated rings. The van der Waals surface area contributed by atoms with Crippen molar-refractivity contribution in [1.29, 1.82) is 0 Å². The van der Waals surface area contributed by atoms with Gasteiger partial charge in [0.15, 0.2) is 15.8 Å². The van der Waals surface area contributed by atoms with Gasteiger partial charge in [0.2, 0.25) is 0 Å². The molecule has 0 spiro atoms. The SMILES string of the molecule is CCNC(=NCc1cccc(CN2CCOCC2)c1)NC1CCS(=O)(=O)C1.I. The molecule has 0 saturated carbocycles. The number of hydrogen-bond donors (Lipinski definition) is 2. The smallest absolute Gasteiger partial charge is 0.191 e. The molecule has 2 N–H and O–H groups in total. The average molecular weight is 522 g/mol. The highest BCUT2D eigenvalue weighted by atomic mass is 127. The number of morpholine rings is 1. The first-order valence-corrected chi connectivity index (χ1v) is 11.5. The van der Waals surface area contributed by atoms with Crippen molar-refractivity contribution in [3.8, 4) is 0 Å². The van der Waals surface area contributed by atoms with Crippen LogP contribution >= 0.6 is 24.0 Å². The molecule has 3 rings (SSSR count). The predicted molar refractivity (Wildman–Crippen MR) is 123 cm³/mol. The van der Waals surface area contributed by atoms with E-state index in [1.54, 1.807) is 0 Å². The van der Waals surface area contributed by atoms with Crippen LogP contribution in [0, 0.1) is 0 Å². The van der Waals surface area contributed by atoms with Crippen molar-refractivity contribution in [2.75, 3.05) is 44.4 Å². The fourth-order valence-electron chi connectivity index (χ4n) is 3.44. The second-order valence-corrected chi connectivity index (χ2v) is 9.38. The average Bonchev–Trinajstić information content (AvgIpc) is 2.99. The summed E-state index contributed by atoms with van der Waals surface area (Å²) in [4.78, 5) is 7.05. The molecule has 2 saturated heterocycles. The molecule has 1 aromatic carbocycles. The standard InChI is InChI=1S/C19H30N4O3S.HI/c1-2-20-19(22-18-6-11-27(24,25)15-18)21-13-16-4-3-5-17(12-16)14-23-7-9-26-10-8-23;/h3-5,12,18H,2,6-11,13-15H2,1H3,(H2,20,21,22);1H. The summed E-state index contributed by atoms with van der Waals surface area (Å²) in [6, 6.07) is 8.44. The first-order chi connectivity index (χ1) is 13.0. The number of hydrogen-bond acceptors (Lipinski definition) is 5. The van der Waals surface area contributed by atoms with Gasteiger partial charge in [-0.05, 0) is 24.5 Å². The second kappa shape index (κ2) is 11.3. The van der Waals surface area contributed by atoms with E-state index < -0.39 is 9.84 Å². The minimum absolute atomic E-state index is 0. The van der Waals surface area contributed by atoms with Crippen LogP contribution in [-0.4, -0.2) is 69.7 Å². The van der Waals surface area contributed by atoms with Crippen molar-refractivity contribution < 1.29 is 13.2 Å². The van der Waals surface area contributed by atoms with Crippen molar-refractivity contribution in [2.45, 2.75) is 32.5 Å². The largest absolute Gasteiger partial charge is 0.379 e. The summed E-state index contributed by atoms with van der Waals surface area (Å²) >= 11 is 0. The molecule has 0 aliphatic carbocycles. The number of aliphatic imine (C=N–C) groups is 1. The van der Waals surface area contributed by atoms with Gasteiger partial charge in [0, 0.05) is 32.2 Å². The number of rotatable bonds is 6. The van der Waals surface area contributed by atoms with Crippen molar-refractivity contribution in [2.24, 2.45) is 4.99 Å². The number of nitrogens with zero attached hydrogens (tertiary/aromatic N) is 2. The molecular weight excluding hydrogens is 491 g/mol. The highest BCUT2D eigenvalue weighted by Crippen LogP contribution is 2.12. The summed E-state index contributed by atoms with van der Waals surface area (Å²) in [5, 5.41) is 6.47. The van der Waals surface area contributed by atoms with Gasteiger partial charge < -0.3 is 15.4 Å². The lowest BCUT2D eigenvalue weighted by molar-refractivity contribution is 0.0342. The van der Waals surface area contributed by atoms with Crippen LogP contribution < -0.4 is 10.6 Å². The highest BCUT2D eigenvalue weighted by Gasteiger charge is 2.28. The fraction of sp³-hybridized carbons (Fsp3) is 0.632. The van der Waals surface area contributed by atoms with Gasteiger partial charge in [0.1, 0.15) is 0 Å². The van der Waals surface area contributed by atoms with E-state index in [2.05, 4.69) is 44.8 Å². The molecule has 28 heavy (non-hydrogen) atoms. The van der Waals surface area contributed by atoms with Crippen LogP contribution in [0.15, 0.2) is 29.3 Å². The molecule has 0 aromatic heterocycles. The van der Waals surface area contributed by atoms with Crippen molar-refractivity contribution >= 4 is 39.8 Å². The maximum absolute atomic E-state index is 11.6. The number of nitrogens with one attached hydrogen (secondary N) is 2. The Bertz CT molecular complexity index is 751. The first-order valence-electron chi connectivity index (χ1n) is 9.67. The third kappa shape index (κ3) is 7.49. The molecule has 1 atom stereocenters. The Hall–Kier alpha value is -0.910. The molecule has 7 nitrogen and oxygen atoms in total. The van der Waals surface area contributed by atoms with Gasteiger partial charge in [0.25, 0.3) is 0 Å². The van der Waals surface area contributed by atoms with E-state index >= 15 is 0 Å². The molecular formula is C19H31IN4O3S. The number of ether oxygens (including phenoxy) is 1. The lowest BCUT2D eigenvalue weighted by Crippen LogP contribution is -2.44. The van der Waals surface area contributed by atoms with Gasteiger partial charge in [-0.2, -0.15) is 0 Å². The Balaban J connectivity index is 0.00000280. The molecule has 2 aliphatic heterocycles. The van der Waals surface area contributed by atoms with Crippen LogP contribution in [0.5, 0.6) is 0 Å². The maximum atomic E-state index is 11.6. The Morgan fingerprint density at radius 3 is 2.71 bits per heavy atom. The van der Waals surface area contributed by atoms with E-state index in [0.29, 0.717) is 18.9 Å². The van der Waals surface area contributed by atoms with E-state index in [1.807, 2.05) is 6.92 Å².